The molecule has 0 radical (unpaired) electrons. The van der Waals surface area contributed by atoms with Gasteiger partial charge in [0.1, 0.15) is 0 Å². The molecule has 2 N–H and O–H groups in total. The van der Waals surface area contributed by atoms with Gasteiger partial charge < -0.3 is 10.3 Å². The van der Waals surface area contributed by atoms with Crippen LogP contribution in [0.2, 0.25) is 5.02 Å². The molecule has 21 heavy (non-hydrogen) atoms. The van der Waals surface area contributed by atoms with Crippen molar-refractivity contribution in [2.75, 3.05) is 5.73 Å². The molecule has 4 nitrogen and oxygen atoms in total. The highest BCUT2D eigenvalue weighted by molar-refractivity contribution is 6.30. The Morgan fingerprint density at radius 3 is 2.67 bits per heavy atom. The minimum Gasteiger partial charge on any atom is -0.398 e. The van der Waals surface area contributed by atoms with Crippen molar-refractivity contribution in [3.63, 3.8) is 0 Å². The summed E-state index contributed by atoms with van der Waals surface area (Å²) in [5, 5.41) is 4.71. The highest BCUT2D eigenvalue weighted by Gasteiger charge is 2.12. The molecule has 106 valence electrons. The first-order valence-electron chi connectivity index (χ1n) is 6.55. The molecule has 0 aliphatic heterocycles. The Kier molecular flexibility index (Phi) is 3.62. The third kappa shape index (κ3) is 3.06. The van der Waals surface area contributed by atoms with Crippen molar-refractivity contribution in [2.45, 2.75) is 13.3 Å². The van der Waals surface area contributed by atoms with Gasteiger partial charge in [0.2, 0.25) is 0 Å². The number of hydrogen-bond acceptors (Lipinski definition) is 4. The number of aryl methyl sites for hydroxylation is 1. The van der Waals surface area contributed by atoms with E-state index in [-0.39, 0.29) is 0 Å². The molecule has 0 saturated carbocycles. The van der Waals surface area contributed by atoms with Gasteiger partial charge >= 0.3 is 0 Å². The van der Waals surface area contributed by atoms with E-state index in [9.17, 15) is 0 Å². The van der Waals surface area contributed by atoms with Gasteiger partial charge in [0.25, 0.3) is 5.89 Å². The largest absolute Gasteiger partial charge is 0.398 e. The lowest BCUT2D eigenvalue weighted by atomic mass is 10.1. The highest BCUT2D eigenvalue weighted by Crippen LogP contribution is 2.25. The van der Waals surface area contributed by atoms with Crippen molar-refractivity contribution >= 4 is 17.3 Å². The zero-order chi connectivity index (χ0) is 14.8. The van der Waals surface area contributed by atoms with Crippen LogP contribution in [0, 0.1) is 6.92 Å². The predicted molar refractivity (Wildman–Crippen MR) is 83.1 cm³/mol. The monoisotopic (exact) mass is 299 g/mol. The number of nitrogen functional groups attached to an aromatic ring is 1. The Balaban J connectivity index is 1.86. The van der Waals surface area contributed by atoms with Crippen molar-refractivity contribution in [3.8, 4) is 11.5 Å². The molecule has 2 aromatic carbocycles. The summed E-state index contributed by atoms with van der Waals surface area (Å²) in [6, 6.07) is 13.3. The van der Waals surface area contributed by atoms with Crippen molar-refractivity contribution in [1.29, 1.82) is 0 Å². The minimum absolute atomic E-state index is 0.445. The number of benzene rings is 2. The van der Waals surface area contributed by atoms with Crippen LogP contribution in [-0.2, 0) is 6.42 Å². The Bertz CT molecular complexity index is 765. The molecular weight excluding hydrogens is 286 g/mol. The molecule has 0 atom stereocenters. The fourth-order valence-corrected chi connectivity index (χ4v) is 2.20. The van der Waals surface area contributed by atoms with Gasteiger partial charge in [0.05, 0.1) is 5.56 Å². The summed E-state index contributed by atoms with van der Waals surface area (Å²) in [5.74, 6) is 1.06. The quantitative estimate of drug-likeness (QED) is 0.746. The molecular formula is C16H14ClN3O. The van der Waals surface area contributed by atoms with Crippen LogP contribution in [-0.4, -0.2) is 10.1 Å². The number of rotatable bonds is 3. The normalized spacial score (nSPS) is 10.8. The highest BCUT2D eigenvalue weighted by atomic mass is 35.5. The summed E-state index contributed by atoms with van der Waals surface area (Å²) in [6.07, 6.45) is 0.590. The summed E-state index contributed by atoms with van der Waals surface area (Å²) < 4.78 is 5.32. The van der Waals surface area contributed by atoms with E-state index in [0.717, 1.165) is 16.7 Å². The topological polar surface area (TPSA) is 64.9 Å². The molecule has 0 amide bonds. The van der Waals surface area contributed by atoms with Crippen molar-refractivity contribution in [2.24, 2.45) is 0 Å². The van der Waals surface area contributed by atoms with Crippen LogP contribution in [0.4, 0.5) is 5.69 Å². The first kappa shape index (κ1) is 13.6. The summed E-state index contributed by atoms with van der Waals surface area (Å²) in [6.45, 7) is 1.99. The summed E-state index contributed by atoms with van der Waals surface area (Å²) in [7, 11) is 0. The number of nitrogens with two attached hydrogens (primary N) is 1. The van der Waals surface area contributed by atoms with Crippen LogP contribution >= 0.6 is 11.6 Å². The summed E-state index contributed by atoms with van der Waals surface area (Å²) >= 11 is 5.87. The van der Waals surface area contributed by atoms with E-state index in [4.69, 9.17) is 21.9 Å². The second kappa shape index (κ2) is 5.58. The molecule has 1 heterocycles. The maximum absolute atomic E-state index is 5.96. The molecule has 3 aromatic rings. The van der Waals surface area contributed by atoms with E-state index < -0.39 is 0 Å². The van der Waals surface area contributed by atoms with Crippen LogP contribution < -0.4 is 5.73 Å². The average molecular weight is 300 g/mol. The number of nitrogens with zero attached hydrogens (tertiary/aromatic N) is 2. The fourth-order valence-electron chi connectivity index (χ4n) is 2.08. The first-order chi connectivity index (χ1) is 10.1. The third-order valence-corrected chi connectivity index (χ3v) is 3.43. The minimum atomic E-state index is 0.445. The van der Waals surface area contributed by atoms with Crippen molar-refractivity contribution < 1.29 is 4.52 Å². The van der Waals surface area contributed by atoms with Crippen molar-refractivity contribution in [1.82, 2.24) is 10.1 Å². The Morgan fingerprint density at radius 1 is 1.14 bits per heavy atom. The second-order valence-electron chi connectivity index (χ2n) is 4.91. The molecule has 0 fully saturated rings. The number of anilines is 1. The van der Waals surface area contributed by atoms with E-state index in [2.05, 4.69) is 10.1 Å². The van der Waals surface area contributed by atoms with E-state index in [1.165, 1.54) is 0 Å². The van der Waals surface area contributed by atoms with Crippen LogP contribution in [0.15, 0.2) is 47.0 Å². The molecule has 0 aliphatic carbocycles. The van der Waals surface area contributed by atoms with Gasteiger partial charge in [-0.15, -0.1) is 0 Å². The van der Waals surface area contributed by atoms with Gasteiger partial charge in [-0.25, -0.2) is 0 Å². The summed E-state index contributed by atoms with van der Waals surface area (Å²) in [4.78, 5) is 4.41. The van der Waals surface area contributed by atoms with Gasteiger partial charge in [0.15, 0.2) is 5.82 Å². The zero-order valence-electron chi connectivity index (χ0n) is 11.5. The van der Waals surface area contributed by atoms with Crippen molar-refractivity contribution in [3.05, 3.63) is 64.4 Å². The van der Waals surface area contributed by atoms with Gasteiger partial charge in [-0.2, -0.15) is 4.98 Å². The third-order valence-electron chi connectivity index (χ3n) is 3.18. The molecule has 0 spiro atoms. The lowest BCUT2D eigenvalue weighted by molar-refractivity contribution is 0.424. The maximum atomic E-state index is 5.96. The maximum Gasteiger partial charge on any atom is 0.260 e. The Morgan fingerprint density at radius 2 is 1.90 bits per heavy atom. The molecule has 5 heteroatoms. The van der Waals surface area contributed by atoms with Gasteiger partial charge in [-0.3, -0.25) is 0 Å². The molecule has 1 aromatic heterocycles. The van der Waals surface area contributed by atoms with Crippen LogP contribution in [0.5, 0.6) is 0 Å². The van der Waals surface area contributed by atoms with Gasteiger partial charge in [0, 0.05) is 17.1 Å². The molecule has 0 unspecified atom stereocenters. The lowest BCUT2D eigenvalue weighted by Gasteiger charge is -2.01. The standard InChI is InChI=1S/C16H14ClN3O/c1-10-2-7-14(18)13(8-10)16-19-15(20-21-16)9-11-3-5-12(17)6-4-11/h2-8H,9,18H2,1H3. The number of hydrogen-bond donors (Lipinski definition) is 1. The van der Waals surface area contributed by atoms with E-state index in [1.54, 1.807) is 0 Å². The molecule has 3 rings (SSSR count). The Hall–Kier alpha value is -2.33. The molecule has 0 aliphatic rings. The van der Waals surface area contributed by atoms with E-state index in [1.807, 2.05) is 49.4 Å². The SMILES string of the molecule is Cc1ccc(N)c(-c2nc(Cc3ccc(Cl)cc3)no2)c1. The van der Waals surface area contributed by atoms with E-state index >= 15 is 0 Å². The number of aromatic nitrogens is 2. The predicted octanol–water partition coefficient (Wildman–Crippen LogP) is 3.87. The van der Waals surface area contributed by atoms with Crippen LogP contribution in [0.25, 0.3) is 11.5 Å². The van der Waals surface area contributed by atoms with Gasteiger partial charge in [-0.05, 0) is 36.8 Å². The average Bonchev–Trinajstić information content (AvgIpc) is 2.92. The van der Waals surface area contributed by atoms with Gasteiger partial charge in [-0.1, -0.05) is 40.5 Å². The zero-order valence-corrected chi connectivity index (χ0v) is 12.3. The van der Waals surface area contributed by atoms with Crippen LogP contribution in [0.3, 0.4) is 0 Å². The smallest absolute Gasteiger partial charge is 0.260 e. The van der Waals surface area contributed by atoms with Crippen LogP contribution in [0.1, 0.15) is 17.0 Å². The summed E-state index contributed by atoms with van der Waals surface area (Å²) in [5.41, 5.74) is 9.52. The first-order valence-corrected chi connectivity index (χ1v) is 6.93. The lowest BCUT2D eigenvalue weighted by Crippen LogP contribution is -1.92. The fraction of sp³-hybridized carbons (Fsp3) is 0.125. The molecule has 0 bridgehead atoms. The number of halogens is 1. The molecule has 0 saturated heterocycles. The Labute approximate surface area is 127 Å². The van der Waals surface area contributed by atoms with E-state index in [0.29, 0.717) is 28.8 Å². The second-order valence-corrected chi connectivity index (χ2v) is 5.35.